The minimum absolute atomic E-state index is 0.0482. The Morgan fingerprint density at radius 2 is 1.78 bits per heavy atom. The van der Waals surface area contributed by atoms with E-state index in [1.807, 2.05) is 11.0 Å². The highest BCUT2D eigenvalue weighted by Crippen LogP contribution is 2.33. The number of rotatable bonds is 10. The number of hydrogen-bond donors (Lipinski definition) is 0. The third-order valence-electron chi connectivity index (χ3n) is 6.70. The molecule has 1 atom stereocenters. The van der Waals surface area contributed by atoms with Gasteiger partial charge in [0.15, 0.2) is 6.61 Å². The summed E-state index contributed by atoms with van der Waals surface area (Å²) in [6, 6.07) is 19.2. The van der Waals surface area contributed by atoms with Crippen molar-refractivity contribution in [2.75, 3.05) is 40.0 Å². The highest BCUT2D eigenvalue weighted by Gasteiger charge is 2.33. The number of nitrogens with zero attached hydrogens (tertiary/aromatic N) is 3. The smallest absolute Gasteiger partial charge is 0.261 e. The van der Waals surface area contributed by atoms with Gasteiger partial charge in [0.25, 0.3) is 5.91 Å². The molecule has 0 spiro atoms. The van der Waals surface area contributed by atoms with E-state index in [1.54, 1.807) is 31.4 Å². The summed E-state index contributed by atoms with van der Waals surface area (Å²) in [7, 11) is 1.57. The van der Waals surface area contributed by atoms with Crippen LogP contribution in [0.2, 0.25) is 5.02 Å². The summed E-state index contributed by atoms with van der Waals surface area (Å²) in [6.45, 7) is 5.99. The number of amides is 2. The minimum atomic E-state index is -0.279. The van der Waals surface area contributed by atoms with Crippen molar-refractivity contribution in [1.82, 2.24) is 14.4 Å². The molecule has 0 aliphatic carbocycles. The van der Waals surface area contributed by atoms with Crippen LogP contribution in [0.5, 0.6) is 5.75 Å². The molecule has 37 heavy (non-hydrogen) atoms. The van der Waals surface area contributed by atoms with Crippen molar-refractivity contribution in [2.45, 2.75) is 32.4 Å². The van der Waals surface area contributed by atoms with Gasteiger partial charge in [0.1, 0.15) is 5.75 Å². The molecule has 1 unspecified atom stereocenters. The maximum Gasteiger partial charge on any atom is 0.261 e. The predicted octanol–water partition coefficient (Wildman–Crippen LogP) is 4.75. The lowest BCUT2D eigenvalue weighted by Gasteiger charge is -2.38. The average molecular weight is 524 g/mol. The Bertz CT molecular complexity index is 1190. The molecule has 7 nitrogen and oxygen atoms in total. The Balaban J connectivity index is 1.51. The minimum Gasteiger partial charge on any atom is -0.484 e. The molecule has 4 rings (SSSR count). The summed E-state index contributed by atoms with van der Waals surface area (Å²) < 4.78 is 13.0. The molecule has 2 heterocycles. The largest absolute Gasteiger partial charge is 0.484 e. The third-order valence-corrected chi connectivity index (χ3v) is 6.95. The van der Waals surface area contributed by atoms with E-state index in [0.29, 0.717) is 42.9 Å². The summed E-state index contributed by atoms with van der Waals surface area (Å²) in [5.41, 5.74) is 3.38. The van der Waals surface area contributed by atoms with Gasteiger partial charge in [-0.05, 0) is 53.4 Å². The van der Waals surface area contributed by atoms with Crippen LogP contribution in [0.1, 0.15) is 42.6 Å². The summed E-state index contributed by atoms with van der Waals surface area (Å²) in [6.07, 6.45) is 2.05. The number of carbonyl (C=O) groups is 2. The lowest BCUT2D eigenvalue weighted by molar-refractivity contribution is -0.143. The van der Waals surface area contributed by atoms with Crippen LogP contribution >= 0.6 is 11.6 Å². The van der Waals surface area contributed by atoms with E-state index >= 15 is 0 Å². The highest BCUT2D eigenvalue weighted by atomic mass is 35.5. The van der Waals surface area contributed by atoms with Crippen molar-refractivity contribution in [3.05, 3.63) is 88.7 Å². The first-order chi connectivity index (χ1) is 17.9. The number of hydrogen-bond acceptors (Lipinski definition) is 4. The van der Waals surface area contributed by atoms with E-state index < -0.39 is 0 Å². The molecule has 0 N–H and O–H groups in total. The lowest BCUT2D eigenvalue weighted by atomic mass is 9.95. The molecule has 0 fully saturated rings. The van der Waals surface area contributed by atoms with Gasteiger partial charge in [0.2, 0.25) is 5.91 Å². The molecule has 0 saturated heterocycles. The van der Waals surface area contributed by atoms with Crippen LogP contribution in [0.3, 0.4) is 0 Å². The summed E-state index contributed by atoms with van der Waals surface area (Å²) in [5.74, 6) is 0.579. The normalized spacial score (nSPS) is 14.9. The zero-order valence-electron chi connectivity index (χ0n) is 21.6. The first kappa shape index (κ1) is 26.8. The van der Waals surface area contributed by atoms with Crippen LogP contribution in [0.4, 0.5) is 0 Å². The van der Waals surface area contributed by atoms with Gasteiger partial charge in [-0.3, -0.25) is 9.59 Å². The Labute approximate surface area is 223 Å². The van der Waals surface area contributed by atoms with Gasteiger partial charge in [-0.1, -0.05) is 49.7 Å². The first-order valence-corrected chi connectivity index (χ1v) is 12.9. The Morgan fingerprint density at radius 1 is 1.05 bits per heavy atom. The molecule has 196 valence electrons. The van der Waals surface area contributed by atoms with Gasteiger partial charge in [-0.25, -0.2) is 0 Å². The second-order valence-electron chi connectivity index (χ2n) is 9.49. The fourth-order valence-electron chi connectivity index (χ4n) is 4.58. The third kappa shape index (κ3) is 6.53. The molecule has 1 aliphatic rings. The van der Waals surface area contributed by atoms with Crippen LogP contribution in [0, 0.1) is 0 Å². The average Bonchev–Trinajstić information content (AvgIpc) is 3.39. The van der Waals surface area contributed by atoms with Crippen LogP contribution in [0.25, 0.3) is 0 Å². The standard InChI is InChI=1S/C29H34ClN3O4/c1-21(2)22-6-8-23(9-7-22)29-26-5-4-14-31(26)15-16-33(29)27(34)19-32(17-18-36-3)28(35)20-37-25-12-10-24(30)11-13-25/h4-14,21,29H,15-20H2,1-3H3. The monoisotopic (exact) mass is 523 g/mol. The second kappa shape index (κ2) is 12.3. The number of carbonyl (C=O) groups excluding carboxylic acids is 2. The van der Waals surface area contributed by atoms with E-state index in [9.17, 15) is 9.59 Å². The van der Waals surface area contributed by atoms with Crippen molar-refractivity contribution in [3.63, 3.8) is 0 Å². The van der Waals surface area contributed by atoms with Crippen LogP contribution in [-0.4, -0.2) is 66.1 Å². The zero-order valence-corrected chi connectivity index (χ0v) is 22.4. The van der Waals surface area contributed by atoms with E-state index in [2.05, 4.69) is 54.9 Å². The fourth-order valence-corrected chi connectivity index (χ4v) is 4.71. The number of aromatic nitrogens is 1. The molecule has 0 radical (unpaired) electrons. The topological polar surface area (TPSA) is 64.0 Å². The second-order valence-corrected chi connectivity index (χ2v) is 9.92. The van der Waals surface area contributed by atoms with Gasteiger partial charge < -0.3 is 23.8 Å². The van der Waals surface area contributed by atoms with Gasteiger partial charge in [-0.15, -0.1) is 0 Å². The predicted molar refractivity (Wildman–Crippen MR) is 144 cm³/mol. The maximum absolute atomic E-state index is 13.7. The molecule has 1 aromatic heterocycles. The van der Waals surface area contributed by atoms with Crippen molar-refractivity contribution in [2.24, 2.45) is 0 Å². The molecule has 3 aromatic rings. The van der Waals surface area contributed by atoms with Crippen molar-refractivity contribution in [3.8, 4) is 5.75 Å². The van der Waals surface area contributed by atoms with Gasteiger partial charge in [0, 0.05) is 43.7 Å². The summed E-state index contributed by atoms with van der Waals surface area (Å²) >= 11 is 5.93. The molecule has 0 saturated carbocycles. The number of halogens is 1. The maximum atomic E-state index is 13.7. The Kier molecular flexibility index (Phi) is 8.90. The number of benzene rings is 2. The van der Waals surface area contributed by atoms with E-state index in [0.717, 1.165) is 11.3 Å². The van der Waals surface area contributed by atoms with Crippen LogP contribution < -0.4 is 4.74 Å². The zero-order chi connectivity index (χ0) is 26.4. The Morgan fingerprint density at radius 3 is 2.46 bits per heavy atom. The molecule has 2 amide bonds. The molecular formula is C29H34ClN3O4. The quantitative estimate of drug-likeness (QED) is 0.385. The number of ether oxygens (including phenoxy) is 2. The number of fused-ring (bicyclic) bond motifs is 1. The molecule has 1 aliphatic heterocycles. The highest BCUT2D eigenvalue weighted by molar-refractivity contribution is 6.30. The molecular weight excluding hydrogens is 490 g/mol. The van der Waals surface area contributed by atoms with Gasteiger partial charge in [0.05, 0.1) is 19.2 Å². The van der Waals surface area contributed by atoms with E-state index in [-0.39, 0.29) is 31.0 Å². The Hall–Kier alpha value is -3.29. The SMILES string of the molecule is COCCN(CC(=O)N1CCn2cccc2C1c1ccc(C(C)C)cc1)C(=O)COc1ccc(Cl)cc1. The fraction of sp³-hybridized carbons (Fsp3) is 0.379. The van der Waals surface area contributed by atoms with Gasteiger partial charge >= 0.3 is 0 Å². The van der Waals surface area contributed by atoms with Crippen LogP contribution in [0.15, 0.2) is 66.9 Å². The lowest BCUT2D eigenvalue weighted by Crippen LogP contribution is -2.49. The summed E-state index contributed by atoms with van der Waals surface area (Å²) in [5, 5.41) is 0.590. The molecule has 0 bridgehead atoms. The molecule has 2 aromatic carbocycles. The van der Waals surface area contributed by atoms with Crippen molar-refractivity contribution in [1.29, 1.82) is 0 Å². The van der Waals surface area contributed by atoms with E-state index in [1.165, 1.54) is 10.5 Å². The van der Waals surface area contributed by atoms with Crippen LogP contribution in [-0.2, 0) is 20.9 Å². The van der Waals surface area contributed by atoms with Gasteiger partial charge in [-0.2, -0.15) is 0 Å². The van der Waals surface area contributed by atoms with Crippen molar-refractivity contribution < 1.29 is 19.1 Å². The molecule has 8 heteroatoms. The number of methoxy groups -OCH3 is 1. The van der Waals surface area contributed by atoms with E-state index in [4.69, 9.17) is 21.1 Å². The summed E-state index contributed by atoms with van der Waals surface area (Å²) in [4.78, 5) is 30.2. The first-order valence-electron chi connectivity index (χ1n) is 12.6. The van der Waals surface area contributed by atoms with Crippen molar-refractivity contribution >= 4 is 23.4 Å².